The van der Waals surface area contributed by atoms with E-state index < -0.39 is 0 Å². The second-order valence-electron chi connectivity index (χ2n) is 4.86. The van der Waals surface area contributed by atoms with Gasteiger partial charge in [0.25, 0.3) is 0 Å². The van der Waals surface area contributed by atoms with Crippen LogP contribution in [-0.4, -0.2) is 6.54 Å². The highest BCUT2D eigenvalue weighted by molar-refractivity contribution is 9.10. The third kappa shape index (κ3) is 5.67. The monoisotopic (exact) mass is 383 g/mol. The Labute approximate surface area is 144 Å². The van der Waals surface area contributed by atoms with Crippen molar-refractivity contribution in [2.75, 3.05) is 6.54 Å². The van der Waals surface area contributed by atoms with Crippen molar-refractivity contribution in [3.05, 3.63) is 63.1 Å². The molecular formula is C17H19BrClNS. The molecule has 0 aromatic heterocycles. The molecule has 112 valence electrons. The molecule has 0 fully saturated rings. The summed E-state index contributed by atoms with van der Waals surface area (Å²) in [6.45, 7) is 4.17. The van der Waals surface area contributed by atoms with Crippen molar-refractivity contribution in [1.29, 1.82) is 0 Å². The van der Waals surface area contributed by atoms with Gasteiger partial charge in [0.2, 0.25) is 0 Å². The maximum Gasteiger partial charge on any atom is 0.0406 e. The summed E-state index contributed by atoms with van der Waals surface area (Å²) in [4.78, 5) is 1.27. The molecule has 0 unspecified atom stereocenters. The summed E-state index contributed by atoms with van der Waals surface area (Å²) >= 11 is 11.4. The van der Waals surface area contributed by atoms with Crippen LogP contribution in [0.25, 0.3) is 0 Å². The average molecular weight is 385 g/mol. The molecule has 0 spiro atoms. The van der Waals surface area contributed by atoms with Gasteiger partial charge in [0.15, 0.2) is 0 Å². The Hall–Kier alpha value is -0.480. The Morgan fingerprint density at radius 1 is 1.10 bits per heavy atom. The minimum Gasteiger partial charge on any atom is -0.313 e. The fourth-order valence-corrected chi connectivity index (χ4v) is 3.69. The van der Waals surface area contributed by atoms with Gasteiger partial charge >= 0.3 is 0 Å². The zero-order valence-electron chi connectivity index (χ0n) is 12.0. The van der Waals surface area contributed by atoms with E-state index >= 15 is 0 Å². The first-order valence-electron chi connectivity index (χ1n) is 7.05. The summed E-state index contributed by atoms with van der Waals surface area (Å²) in [5.74, 6) is 0.948. The highest BCUT2D eigenvalue weighted by Crippen LogP contribution is 2.31. The van der Waals surface area contributed by atoms with Crippen LogP contribution in [0.2, 0.25) is 5.02 Å². The van der Waals surface area contributed by atoms with Crippen molar-refractivity contribution < 1.29 is 0 Å². The zero-order valence-corrected chi connectivity index (χ0v) is 15.2. The number of hydrogen-bond acceptors (Lipinski definition) is 2. The number of benzene rings is 2. The summed E-state index contributed by atoms with van der Waals surface area (Å²) in [5.41, 5.74) is 2.59. The highest BCUT2D eigenvalue weighted by Gasteiger charge is 2.03. The predicted octanol–water partition coefficient (Wildman–Crippen LogP) is 5.89. The van der Waals surface area contributed by atoms with Gasteiger partial charge in [0, 0.05) is 26.7 Å². The fraction of sp³-hybridized carbons (Fsp3) is 0.294. The molecular weight excluding hydrogens is 366 g/mol. The van der Waals surface area contributed by atoms with Gasteiger partial charge < -0.3 is 5.32 Å². The molecule has 0 aliphatic heterocycles. The number of hydrogen-bond donors (Lipinski definition) is 1. The topological polar surface area (TPSA) is 12.0 Å². The van der Waals surface area contributed by atoms with Gasteiger partial charge in [-0.3, -0.25) is 0 Å². The molecule has 0 aliphatic carbocycles. The minimum absolute atomic E-state index is 0.786. The first-order valence-corrected chi connectivity index (χ1v) is 9.21. The average Bonchev–Trinajstić information content (AvgIpc) is 2.48. The summed E-state index contributed by atoms with van der Waals surface area (Å²) in [6.07, 6.45) is 1.16. The van der Waals surface area contributed by atoms with Crippen LogP contribution in [0, 0.1) is 0 Å². The molecule has 2 aromatic rings. The second-order valence-corrected chi connectivity index (χ2v) is 7.16. The number of nitrogens with one attached hydrogen (secondary N) is 1. The molecule has 0 heterocycles. The zero-order chi connectivity index (χ0) is 15.1. The van der Waals surface area contributed by atoms with E-state index in [9.17, 15) is 0 Å². The maximum atomic E-state index is 5.90. The van der Waals surface area contributed by atoms with Crippen LogP contribution in [0.15, 0.2) is 51.8 Å². The first kappa shape index (κ1) is 16.9. The molecule has 0 saturated heterocycles. The Kier molecular flexibility index (Phi) is 7.11. The second kappa shape index (κ2) is 8.84. The molecule has 0 aliphatic rings. The van der Waals surface area contributed by atoms with E-state index in [4.69, 9.17) is 11.6 Å². The summed E-state index contributed by atoms with van der Waals surface area (Å²) in [5, 5.41) is 4.21. The minimum atomic E-state index is 0.786. The lowest BCUT2D eigenvalue weighted by Crippen LogP contribution is -2.13. The Bertz CT molecular complexity index is 572. The van der Waals surface area contributed by atoms with Crippen LogP contribution in [0.5, 0.6) is 0 Å². The first-order chi connectivity index (χ1) is 10.2. The van der Waals surface area contributed by atoms with Gasteiger partial charge in [0.1, 0.15) is 0 Å². The normalized spacial score (nSPS) is 10.8. The SMILES string of the molecule is CCCNCc1ccc(SCc2ccc(Cl)cc2)c(Br)c1. The smallest absolute Gasteiger partial charge is 0.0406 e. The van der Waals surface area contributed by atoms with Crippen molar-refractivity contribution >= 4 is 39.3 Å². The molecule has 0 radical (unpaired) electrons. The van der Waals surface area contributed by atoms with Crippen LogP contribution in [0.3, 0.4) is 0 Å². The van der Waals surface area contributed by atoms with E-state index in [1.165, 1.54) is 16.0 Å². The molecule has 0 atom stereocenters. The molecule has 2 aromatic carbocycles. The van der Waals surface area contributed by atoms with Crippen molar-refractivity contribution in [2.24, 2.45) is 0 Å². The third-order valence-corrected chi connectivity index (χ3v) is 5.37. The molecule has 21 heavy (non-hydrogen) atoms. The van der Waals surface area contributed by atoms with Crippen LogP contribution >= 0.6 is 39.3 Å². The van der Waals surface area contributed by atoms with Crippen LogP contribution in [0.4, 0.5) is 0 Å². The van der Waals surface area contributed by atoms with Crippen molar-refractivity contribution in [2.45, 2.75) is 30.5 Å². The molecule has 1 nitrogen and oxygen atoms in total. The summed E-state index contributed by atoms with van der Waals surface area (Å²) in [7, 11) is 0. The lowest BCUT2D eigenvalue weighted by Gasteiger charge is -2.08. The van der Waals surface area contributed by atoms with E-state index in [2.05, 4.69) is 58.5 Å². The maximum absolute atomic E-state index is 5.90. The largest absolute Gasteiger partial charge is 0.313 e. The van der Waals surface area contributed by atoms with Gasteiger partial charge in [-0.15, -0.1) is 11.8 Å². The molecule has 0 bridgehead atoms. The van der Waals surface area contributed by atoms with Crippen molar-refractivity contribution in [3.8, 4) is 0 Å². The van der Waals surface area contributed by atoms with Gasteiger partial charge in [0.05, 0.1) is 0 Å². The Balaban J connectivity index is 1.92. The molecule has 4 heteroatoms. The number of thioether (sulfide) groups is 1. The van der Waals surface area contributed by atoms with Gasteiger partial charge in [-0.05, 0) is 64.3 Å². The Morgan fingerprint density at radius 2 is 1.81 bits per heavy atom. The van der Waals surface area contributed by atoms with Crippen LogP contribution in [-0.2, 0) is 12.3 Å². The number of rotatable bonds is 7. The van der Waals surface area contributed by atoms with E-state index in [-0.39, 0.29) is 0 Å². The standard InChI is InChI=1S/C17H19BrClNS/c1-2-9-20-11-14-5-8-17(16(18)10-14)21-12-13-3-6-15(19)7-4-13/h3-8,10,20H,2,9,11-12H2,1H3. The van der Waals surface area contributed by atoms with Crippen LogP contribution in [0.1, 0.15) is 24.5 Å². The fourth-order valence-electron chi connectivity index (χ4n) is 1.92. The molecule has 0 amide bonds. The van der Waals surface area contributed by atoms with Gasteiger partial charge in [-0.25, -0.2) is 0 Å². The Morgan fingerprint density at radius 3 is 2.48 bits per heavy atom. The van der Waals surface area contributed by atoms with E-state index in [0.717, 1.165) is 34.8 Å². The van der Waals surface area contributed by atoms with E-state index in [0.29, 0.717) is 0 Å². The molecule has 2 rings (SSSR count). The number of halogens is 2. The lowest BCUT2D eigenvalue weighted by atomic mass is 10.2. The summed E-state index contributed by atoms with van der Waals surface area (Å²) in [6, 6.07) is 14.6. The van der Waals surface area contributed by atoms with E-state index in [1.807, 2.05) is 23.9 Å². The lowest BCUT2D eigenvalue weighted by molar-refractivity contribution is 0.675. The third-order valence-electron chi connectivity index (χ3n) is 3.06. The van der Waals surface area contributed by atoms with Crippen LogP contribution < -0.4 is 5.32 Å². The molecule has 1 N–H and O–H groups in total. The van der Waals surface area contributed by atoms with Crippen molar-refractivity contribution in [1.82, 2.24) is 5.32 Å². The summed E-state index contributed by atoms with van der Waals surface area (Å²) < 4.78 is 1.16. The van der Waals surface area contributed by atoms with Gasteiger partial charge in [-0.2, -0.15) is 0 Å². The van der Waals surface area contributed by atoms with Gasteiger partial charge in [-0.1, -0.05) is 36.7 Å². The van der Waals surface area contributed by atoms with E-state index in [1.54, 1.807) is 0 Å². The predicted molar refractivity (Wildman–Crippen MR) is 97.2 cm³/mol. The molecule has 0 saturated carbocycles. The quantitative estimate of drug-likeness (QED) is 0.471. The van der Waals surface area contributed by atoms with Crippen molar-refractivity contribution in [3.63, 3.8) is 0 Å². The highest BCUT2D eigenvalue weighted by atomic mass is 79.9.